The van der Waals surface area contributed by atoms with Crippen LogP contribution in [0, 0.1) is 11.8 Å². The second-order valence-electron chi connectivity index (χ2n) is 17.8. The first-order valence-electron chi connectivity index (χ1n) is 24.4. The van der Waals surface area contributed by atoms with Gasteiger partial charge in [-0.05, 0) is 29.4 Å². The summed E-state index contributed by atoms with van der Waals surface area (Å²) < 4.78 is 4.48. The molecule has 1 aromatic carbocycles. The number of hydrogen-bond donors (Lipinski definition) is 0. The molecule has 5 heteroatoms. The topological polar surface area (TPSA) is 7.76 Å². The predicted molar refractivity (Wildman–Crippen MR) is 245 cm³/mol. The number of rotatable bonds is 19. The molecule has 3 aromatic rings. The van der Waals surface area contributed by atoms with Crippen LogP contribution in [-0.2, 0) is 40.7 Å². The zero-order valence-electron chi connectivity index (χ0n) is 37.2. The molecule has 0 amide bonds. The van der Waals surface area contributed by atoms with E-state index < -0.39 is 0 Å². The van der Waals surface area contributed by atoms with Gasteiger partial charge in [0.25, 0.3) is 0 Å². The molecule has 4 saturated carbocycles. The summed E-state index contributed by atoms with van der Waals surface area (Å²) in [5.74, 6) is 2.19. The predicted octanol–water partition coefficient (Wildman–Crippen LogP) is 13.7. The smallest absolute Gasteiger partial charge is 0.210 e. The van der Waals surface area contributed by atoms with Crippen LogP contribution in [0.25, 0.3) is 16.8 Å². The Hall–Kier alpha value is -1.15. The molecular formula is C54H90ClFe2N2+. The fraction of sp³-hybridized carbons (Fsp3) is 0.704. The maximum absolute atomic E-state index is 2.33. The minimum absolute atomic E-state index is 0. The van der Waals surface area contributed by atoms with Crippen molar-refractivity contribution in [3.05, 3.63) is 79.4 Å². The summed E-state index contributed by atoms with van der Waals surface area (Å²) in [6.45, 7) is 3.42. The average Bonchev–Trinajstić information content (AvgIpc) is 4.10. The van der Waals surface area contributed by atoms with Crippen LogP contribution < -0.4 is 21.5 Å². The van der Waals surface area contributed by atoms with E-state index >= 15 is 0 Å². The number of nitrogens with zero attached hydrogens (tertiary/aromatic N) is 2. The van der Waals surface area contributed by atoms with Crippen molar-refractivity contribution < 1.29 is 55.7 Å². The fourth-order valence-electron chi connectivity index (χ4n) is 9.38. The van der Waals surface area contributed by atoms with Crippen LogP contribution in [0.5, 0.6) is 0 Å². The largest absolute Gasteiger partial charge is 1.00 e. The Labute approximate surface area is 394 Å². The standard InChI is InChI=1S/C29H38N2.C14H28.2C5H10.CH4.ClH.2Fe/c1(3-6-12-26-13-9-10-14-26)2-4-11-21-30-22-17-27(18-23-30)28-19-24-31(25-20-28)29-15-7-5-8-16-29;1-2-3-4-5-6-7-8-11-14-12-9-10-13-14;2*1-2-4-5-3-1;;;;/h5,7-8,15-20,22-26H,1-4,6,9-14,21H2;14H,2-13H2,1H3;2*1-5H2;1H4;1H;;/q+2;;;;;;;/p-1. The molecule has 0 atom stereocenters. The maximum atomic E-state index is 2.33. The summed E-state index contributed by atoms with van der Waals surface area (Å²) in [7, 11) is 0. The third-order valence-electron chi connectivity index (χ3n) is 13.1. The van der Waals surface area contributed by atoms with Crippen LogP contribution in [0.2, 0.25) is 0 Å². The first-order valence-corrected chi connectivity index (χ1v) is 24.4. The number of halogens is 1. The van der Waals surface area contributed by atoms with Gasteiger partial charge in [0.15, 0.2) is 24.8 Å². The van der Waals surface area contributed by atoms with Crippen molar-refractivity contribution in [3.63, 3.8) is 0 Å². The molecule has 0 unspecified atom stereocenters. The van der Waals surface area contributed by atoms with Crippen LogP contribution in [0.3, 0.4) is 0 Å². The molecule has 0 radical (unpaired) electrons. The molecule has 0 bridgehead atoms. The van der Waals surface area contributed by atoms with Crippen LogP contribution in [0.1, 0.15) is 226 Å². The molecule has 2 heterocycles. The monoisotopic (exact) mass is 914 g/mol. The van der Waals surface area contributed by atoms with Crippen molar-refractivity contribution in [1.29, 1.82) is 0 Å². The van der Waals surface area contributed by atoms with E-state index in [0.29, 0.717) is 0 Å². The van der Waals surface area contributed by atoms with Crippen molar-refractivity contribution in [2.24, 2.45) is 11.8 Å². The molecule has 0 spiro atoms. The number of aryl methyl sites for hydroxylation is 1. The van der Waals surface area contributed by atoms with Gasteiger partial charge >= 0.3 is 0 Å². The number of aromatic nitrogens is 2. The number of unbranched alkanes of at least 4 members (excludes halogenated alkanes) is 11. The van der Waals surface area contributed by atoms with E-state index in [1.165, 1.54) is 229 Å². The van der Waals surface area contributed by atoms with E-state index in [1.807, 2.05) is 0 Å². The molecule has 7 rings (SSSR count). The number of pyridine rings is 2. The van der Waals surface area contributed by atoms with Crippen molar-refractivity contribution in [2.75, 3.05) is 0 Å². The minimum atomic E-state index is 0. The molecule has 2 aromatic heterocycles. The van der Waals surface area contributed by atoms with Gasteiger partial charge in [-0.15, -0.1) is 0 Å². The Morgan fingerprint density at radius 3 is 1.19 bits per heavy atom. The number of para-hydroxylation sites is 1. The Bertz CT molecular complexity index is 1260. The maximum Gasteiger partial charge on any atom is 0.210 e. The van der Waals surface area contributed by atoms with Gasteiger partial charge in [-0.3, -0.25) is 0 Å². The van der Waals surface area contributed by atoms with Gasteiger partial charge in [0, 0.05) is 77.0 Å². The number of benzene rings is 1. The third kappa shape index (κ3) is 27.5. The van der Waals surface area contributed by atoms with Gasteiger partial charge in [-0.25, -0.2) is 4.57 Å². The average molecular weight is 914 g/mol. The van der Waals surface area contributed by atoms with Crippen molar-refractivity contribution in [3.8, 4) is 16.8 Å². The second kappa shape index (κ2) is 39.7. The van der Waals surface area contributed by atoms with Gasteiger partial charge in [0.05, 0.1) is 0 Å². The number of hydrogen-bond acceptors (Lipinski definition) is 0. The quantitative estimate of drug-likeness (QED) is 0.0643. The molecule has 4 fully saturated rings. The molecule has 0 aliphatic heterocycles. The van der Waals surface area contributed by atoms with E-state index in [1.54, 1.807) is 0 Å². The molecule has 4 aliphatic carbocycles. The molecule has 0 saturated heterocycles. The fourth-order valence-corrected chi connectivity index (χ4v) is 9.38. The van der Waals surface area contributed by atoms with Crippen LogP contribution in [0.4, 0.5) is 0 Å². The van der Waals surface area contributed by atoms with Gasteiger partial charge in [-0.1, -0.05) is 232 Å². The summed E-state index contributed by atoms with van der Waals surface area (Å²) in [5.41, 5.74) is 3.73. The van der Waals surface area contributed by atoms with Crippen molar-refractivity contribution in [1.82, 2.24) is 0 Å². The Morgan fingerprint density at radius 2 is 0.780 bits per heavy atom. The van der Waals surface area contributed by atoms with E-state index in [2.05, 4.69) is 95.4 Å². The van der Waals surface area contributed by atoms with E-state index in [4.69, 9.17) is 0 Å². The Balaban J connectivity index is 0.000000992. The molecule has 0 N–H and O–H groups in total. The second-order valence-corrected chi connectivity index (χ2v) is 17.8. The summed E-state index contributed by atoms with van der Waals surface area (Å²) in [4.78, 5) is 0. The summed E-state index contributed by atoms with van der Waals surface area (Å²) >= 11 is 0. The van der Waals surface area contributed by atoms with Gasteiger partial charge in [-0.2, -0.15) is 4.57 Å². The van der Waals surface area contributed by atoms with E-state index in [-0.39, 0.29) is 54.0 Å². The van der Waals surface area contributed by atoms with Gasteiger partial charge < -0.3 is 12.4 Å². The molecule has 2 nitrogen and oxygen atoms in total. The minimum Gasteiger partial charge on any atom is -1.00 e. The summed E-state index contributed by atoms with van der Waals surface area (Å²) in [5, 5.41) is 0. The van der Waals surface area contributed by atoms with Gasteiger partial charge in [0.1, 0.15) is 6.54 Å². The molecule has 4 aliphatic rings. The zero-order chi connectivity index (χ0) is 38.3. The first kappa shape index (κ1) is 57.8. The van der Waals surface area contributed by atoms with E-state index in [9.17, 15) is 0 Å². The van der Waals surface area contributed by atoms with Gasteiger partial charge in [0.2, 0.25) is 5.69 Å². The molecular weight excluding hydrogens is 824 g/mol. The van der Waals surface area contributed by atoms with Crippen molar-refractivity contribution in [2.45, 2.75) is 233 Å². The molecule has 338 valence electrons. The Kier molecular flexibility index (Phi) is 38.9. The summed E-state index contributed by atoms with van der Waals surface area (Å²) in [6, 6.07) is 19.3. The third-order valence-corrected chi connectivity index (χ3v) is 13.1. The SMILES string of the molecule is C.C1CCCC1.C1CCCC1.CCCCCCCCCC1CCCC1.[Cl-].[Fe].[Fe].c1ccc(-[n+]2ccc(-c3cc[n+](CCCCCCCCC4CCCC4)cc3)cc2)cc1. The molecule has 59 heavy (non-hydrogen) atoms. The zero-order valence-corrected chi connectivity index (χ0v) is 40.1. The van der Waals surface area contributed by atoms with Crippen LogP contribution in [-0.4, -0.2) is 0 Å². The normalized spacial score (nSPS) is 15.7. The van der Waals surface area contributed by atoms with Crippen LogP contribution in [0.15, 0.2) is 79.4 Å². The van der Waals surface area contributed by atoms with Crippen molar-refractivity contribution >= 4 is 0 Å². The Morgan fingerprint density at radius 1 is 0.424 bits per heavy atom. The summed E-state index contributed by atoms with van der Waals surface area (Å²) in [6.07, 6.45) is 57.5. The van der Waals surface area contributed by atoms with E-state index in [0.717, 1.165) is 18.4 Å². The van der Waals surface area contributed by atoms with Crippen LogP contribution >= 0.6 is 0 Å². The first-order chi connectivity index (χ1) is 27.3.